The molecule has 16 rings (SSSR count). The van der Waals surface area contributed by atoms with E-state index in [1.807, 2.05) is 0 Å². The van der Waals surface area contributed by atoms with Gasteiger partial charge in [-0.1, -0.05) is 158 Å². The van der Waals surface area contributed by atoms with Gasteiger partial charge in [0.05, 0.1) is 27.6 Å². The average Bonchev–Trinajstić information content (AvgIpc) is 4.20. The summed E-state index contributed by atoms with van der Waals surface area (Å²) in [6.07, 6.45) is 0. The van der Waals surface area contributed by atoms with Gasteiger partial charge in [0.2, 0.25) is 0 Å². The Morgan fingerprint density at radius 1 is 0.274 bits per heavy atom. The number of benzene rings is 12. The van der Waals surface area contributed by atoms with Crippen molar-refractivity contribution in [2.24, 2.45) is 0 Å². The van der Waals surface area contributed by atoms with E-state index in [-0.39, 0.29) is 0 Å². The minimum absolute atomic E-state index is 0.636. The first kappa shape index (κ1) is 40.1. The summed E-state index contributed by atoms with van der Waals surface area (Å²) < 4.78 is 14.3. The van der Waals surface area contributed by atoms with Crippen LogP contribution in [0.25, 0.3) is 87.7 Å². The normalized spacial score (nSPS) is 13.0. The molecule has 0 amide bonds. The zero-order valence-corrected chi connectivity index (χ0v) is 39.5. The zero-order valence-electron chi connectivity index (χ0n) is 39.5. The quantitative estimate of drug-likeness (QED) is 0.166. The molecule has 1 spiro atoms. The fraction of sp³-hybridized carbons (Fsp3) is 0.0145. The third-order valence-corrected chi connectivity index (χ3v) is 15.7. The summed E-state index contributed by atoms with van der Waals surface area (Å²) in [5, 5.41) is 8.69. The van der Waals surface area contributed by atoms with Gasteiger partial charge in [-0.15, -0.1) is 0 Å². The molecule has 2 aliphatic rings. The lowest BCUT2D eigenvalue weighted by molar-refractivity contribution is 0.672. The Hall–Kier alpha value is -9.64. The highest BCUT2D eigenvalue weighted by Gasteiger charge is 2.52. The van der Waals surface area contributed by atoms with E-state index in [9.17, 15) is 0 Å². The largest absolute Gasteiger partial charge is 0.455 e. The van der Waals surface area contributed by atoms with Gasteiger partial charge in [0.25, 0.3) is 0 Å². The number of nitrogens with zero attached hydrogens (tertiary/aromatic N) is 2. The molecule has 0 bridgehead atoms. The average molecular weight is 931 g/mol. The van der Waals surface area contributed by atoms with Gasteiger partial charge in [-0.2, -0.15) is 0 Å². The molecule has 0 radical (unpaired) electrons. The second-order valence-corrected chi connectivity index (χ2v) is 19.5. The summed E-state index contributed by atoms with van der Waals surface area (Å²) in [6.45, 7) is 0. The highest BCUT2D eigenvalue weighted by atomic mass is 16.3. The van der Waals surface area contributed by atoms with Gasteiger partial charge in [-0.05, 0) is 152 Å². The van der Waals surface area contributed by atoms with Crippen LogP contribution in [0.15, 0.2) is 264 Å². The summed E-state index contributed by atoms with van der Waals surface area (Å²) in [5.74, 6) is 0. The second kappa shape index (κ2) is 15.2. The van der Waals surface area contributed by atoms with Crippen molar-refractivity contribution < 1.29 is 8.83 Å². The monoisotopic (exact) mass is 930 g/mol. The highest BCUT2D eigenvalue weighted by molar-refractivity contribution is 6.25. The lowest BCUT2D eigenvalue weighted by atomic mass is 9.70. The minimum atomic E-state index is -0.636. The van der Waals surface area contributed by atoms with Crippen molar-refractivity contribution in [1.82, 2.24) is 0 Å². The standard InChI is InChI=1S/C69H42N2O2/c1-5-21-45(22-6-1)70(46-23-7-2-8-24-46)61-39-43-37-59-55(41-53(43)67-65(61)51-31-15-19-35-63(51)72-67)56-42-54-44(38-60(56)69(59)57-33-17-13-29-49(57)50-30-14-18-34-58(50)69)40-62(66-52-32-16-20-36-64(52)73-68(54)66)71(47-25-9-3-10-26-47)48-27-11-4-12-28-48/h1-42H. The maximum atomic E-state index is 7.13. The Labute approximate surface area is 420 Å². The number of hydrogen-bond acceptors (Lipinski definition) is 4. The SMILES string of the molecule is c1ccc(N(c2ccccc2)c2cc3cc4c(cc3c3oc5ccccc5c23)-c2cc3c(cc2C42c4ccccc4-c4ccccc42)cc(N(c2ccccc2)c2ccccc2)c2c4ccccc4oc32)cc1. The van der Waals surface area contributed by atoms with Crippen LogP contribution in [0.4, 0.5) is 34.1 Å². The Balaban J connectivity index is 1.05. The number of hydrogen-bond donors (Lipinski definition) is 0. The topological polar surface area (TPSA) is 32.8 Å². The van der Waals surface area contributed by atoms with E-state index < -0.39 is 5.41 Å². The van der Waals surface area contributed by atoms with Gasteiger partial charge >= 0.3 is 0 Å². The van der Waals surface area contributed by atoms with E-state index in [0.29, 0.717) is 0 Å². The number of rotatable bonds is 6. The van der Waals surface area contributed by atoms with Gasteiger partial charge in [-0.25, -0.2) is 0 Å². The van der Waals surface area contributed by atoms with E-state index in [2.05, 4.69) is 265 Å². The van der Waals surface area contributed by atoms with Crippen LogP contribution in [0.5, 0.6) is 0 Å². The molecular weight excluding hydrogens is 889 g/mol. The molecule has 0 unspecified atom stereocenters. The van der Waals surface area contributed by atoms with Gasteiger partial charge in [-0.3, -0.25) is 0 Å². The van der Waals surface area contributed by atoms with Crippen LogP contribution in [0.3, 0.4) is 0 Å². The first-order chi connectivity index (χ1) is 36.2. The summed E-state index contributed by atoms with van der Waals surface area (Å²) in [4.78, 5) is 4.78. The van der Waals surface area contributed by atoms with E-state index in [4.69, 9.17) is 8.83 Å². The van der Waals surface area contributed by atoms with Crippen molar-refractivity contribution in [2.45, 2.75) is 5.41 Å². The fourth-order valence-corrected chi connectivity index (χ4v) is 12.8. The lowest BCUT2D eigenvalue weighted by Gasteiger charge is -2.31. The lowest BCUT2D eigenvalue weighted by Crippen LogP contribution is -2.25. The number of fused-ring (bicyclic) bond motifs is 20. The van der Waals surface area contributed by atoms with Crippen molar-refractivity contribution in [1.29, 1.82) is 0 Å². The van der Waals surface area contributed by atoms with E-state index in [0.717, 1.165) is 99.5 Å². The van der Waals surface area contributed by atoms with E-state index in [1.165, 1.54) is 44.5 Å². The molecule has 12 aromatic carbocycles. The summed E-state index contributed by atoms with van der Waals surface area (Å²) >= 11 is 0. The number of para-hydroxylation sites is 6. The Morgan fingerprint density at radius 3 is 1.01 bits per heavy atom. The molecule has 0 atom stereocenters. The van der Waals surface area contributed by atoms with Gasteiger partial charge in [0.1, 0.15) is 22.3 Å². The Kier molecular flexibility index (Phi) is 8.35. The summed E-state index contributed by atoms with van der Waals surface area (Å²) in [5.41, 5.74) is 19.2. The molecule has 2 aromatic heterocycles. The van der Waals surface area contributed by atoms with Gasteiger partial charge in [0, 0.05) is 44.3 Å². The summed E-state index contributed by atoms with van der Waals surface area (Å²) in [6, 6.07) is 92.6. The Morgan fingerprint density at radius 2 is 0.616 bits per heavy atom. The van der Waals surface area contributed by atoms with Gasteiger partial charge < -0.3 is 18.6 Å². The molecule has 4 heteroatoms. The molecule has 340 valence electrons. The third kappa shape index (κ3) is 5.55. The van der Waals surface area contributed by atoms with Crippen molar-refractivity contribution >= 4 is 99.5 Å². The molecular formula is C69H42N2O2. The first-order valence-electron chi connectivity index (χ1n) is 25.1. The van der Waals surface area contributed by atoms with E-state index >= 15 is 0 Å². The molecule has 0 saturated heterocycles. The van der Waals surface area contributed by atoms with E-state index in [1.54, 1.807) is 0 Å². The minimum Gasteiger partial charge on any atom is -0.455 e. The van der Waals surface area contributed by atoms with Crippen LogP contribution in [-0.2, 0) is 5.41 Å². The molecule has 4 nitrogen and oxygen atoms in total. The number of furan rings is 2. The van der Waals surface area contributed by atoms with Crippen LogP contribution >= 0.6 is 0 Å². The molecule has 73 heavy (non-hydrogen) atoms. The van der Waals surface area contributed by atoms with Crippen LogP contribution in [-0.4, -0.2) is 0 Å². The maximum Gasteiger partial charge on any atom is 0.145 e. The molecule has 0 aliphatic heterocycles. The molecule has 2 heterocycles. The predicted molar refractivity (Wildman–Crippen MR) is 302 cm³/mol. The third-order valence-electron chi connectivity index (χ3n) is 15.7. The van der Waals surface area contributed by atoms with Crippen molar-refractivity contribution in [2.75, 3.05) is 9.80 Å². The van der Waals surface area contributed by atoms with Crippen LogP contribution in [0, 0.1) is 0 Å². The molecule has 14 aromatic rings. The number of anilines is 6. The Bertz CT molecular complexity index is 4180. The first-order valence-corrected chi connectivity index (χ1v) is 25.1. The molecule has 0 N–H and O–H groups in total. The van der Waals surface area contributed by atoms with Crippen molar-refractivity contribution in [3.8, 4) is 22.3 Å². The highest BCUT2D eigenvalue weighted by Crippen LogP contribution is 2.65. The van der Waals surface area contributed by atoms with Crippen LogP contribution in [0.1, 0.15) is 22.3 Å². The smallest absolute Gasteiger partial charge is 0.145 e. The fourth-order valence-electron chi connectivity index (χ4n) is 12.8. The van der Waals surface area contributed by atoms with Crippen molar-refractivity contribution in [3.05, 3.63) is 277 Å². The molecule has 0 saturated carbocycles. The van der Waals surface area contributed by atoms with Crippen LogP contribution < -0.4 is 9.80 Å². The zero-order chi connectivity index (χ0) is 47.8. The van der Waals surface area contributed by atoms with Crippen molar-refractivity contribution in [3.63, 3.8) is 0 Å². The predicted octanol–water partition coefficient (Wildman–Crippen LogP) is 19.1. The second-order valence-electron chi connectivity index (χ2n) is 19.5. The van der Waals surface area contributed by atoms with Crippen LogP contribution in [0.2, 0.25) is 0 Å². The summed E-state index contributed by atoms with van der Waals surface area (Å²) in [7, 11) is 0. The van der Waals surface area contributed by atoms with Gasteiger partial charge in [0.15, 0.2) is 0 Å². The maximum absolute atomic E-state index is 7.13. The molecule has 0 fully saturated rings. The molecule has 2 aliphatic carbocycles.